The summed E-state index contributed by atoms with van der Waals surface area (Å²) in [6, 6.07) is 80.0. The summed E-state index contributed by atoms with van der Waals surface area (Å²) in [5.41, 5.74) is 6.33. The van der Waals surface area contributed by atoms with E-state index < -0.39 is 13.3 Å². The van der Waals surface area contributed by atoms with E-state index in [0.29, 0.717) is 0 Å². The van der Waals surface area contributed by atoms with Gasteiger partial charge in [-0.15, -0.1) is 0 Å². The van der Waals surface area contributed by atoms with Crippen LogP contribution < -0.4 is 22.5 Å². The molecule has 9 aromatic carbocycles. The van der Waals surface area contributed by atoms with Crippen LogP contribution in [0.2, 0.25) is 0 Å². The molecule has 1 heterocycles. The van der Waals surface area contributed by atoms with Crippen LogP contribution in [0.25, 0.3) is 38.3 Å². The minimum atomic E-state index is -3.46. The van der Waals surface area contributed by atoms with Gasteiger partial charge in [-0.3, -0.25) is 0 Å². The zero-order valence-electron chi connectivity index (χ0n) is 30.6. The van der Waals surface area contributed by atoms with Crippen molar-refractivity contribution in [2.24, 2.45) is 0 Å². The van der Waals surface area contributed by atoms with Crippen molar-refractivity contribution in [1.82, 2.24) is 4.57 Å². The fraction of sp³-hybridized carbons (Fsp3) is 0. The van der Waals surface area contributed by atoms with E-state index in [1.807, 2.05) is 12.1 Å². The normalized spacial score (nSPS) is 11.7. The van der Waals surface area contributed by atoms with Crippen molar-refractivity contribution >= 4 is 80.5 Å². The third-order valence-electron chi connectivity index (χ3n) is 11.2. The van der Waals surface area contributed by atoms with Crippen molar-refractivity contribution in [2.45, 2.75) is 0 Å². The Kier molecular flexibility index (Phi) is 8.57. The summed E-state index contributed by atoms with van der Waals surface area (Å²) in [5.74, 6) is -0.245. The van der Waals surface area contributed by atoms with E-state index in [9.17, 15) is 4.39 Å². The number of nitrogens with zero attached hydrogens (tertiary/aromatic N) is 2. The fourth-order valence-electron chi connectivity index (χ4n) is 8.72. The second-order valence-electron chi connectivity index (χ2n) is 14.3. The van der Waals surface area contributed by atoms with Gasteiger partial charge in [0.25, 0.3) is 0 Å². The molecule has 0 N–H and O–H groups in total. The molecule has 0 atom stereocenters. The summed E-state index contributed by atoms with van der Waals surface area (Å²) in [5, 5.41) is 4.65. The van der Waals surface area contributed by atoms with E-state index >= 15 is 0 Å². The van der Waals surface area contributed by atoms with Gasteiger partial charge in [-0.25, -0.2) is 4.39 Å². The maximum absolute atomic E-state index is 14.1. The molecule has 2 nitrogen and oxygen atoms in total. The molecule has 10 rings (SSSR count). The van der Waals surface area contributed by atoms with E-state index in [2.05, 4.69) is 210 Å². The summed E-state index contributed by atoms with van der Waals surface area (Å²) >= 11 is -3.46. The van der Waals surface area contributed by atoms with Gasteiger partial charge in [0.05, 0.1) is 0 Å². The molecule has 0 spiro atoms. The standard InChI is InChI=1S/C52H37FGeN2/c53-39-27-31-45(32-28-39)56-51-25-13-12-24-48(51)49-37-46(35-36-52(49)56)55(50-26-14-16-38-15-10-11-23-47(38)50)44-33-29-43(30-34-44)54(40-17-4-1-5-18-40,41-19-6-2-7-20-41)42-21-8-3-9-22-42/h1-37H. The van der Waals surface area contributed by atoms with Gasteiger partial charge in [-0.2, -0.15) is 0 Å². The molecule has 0 amide bonds. The van der Waals surface area contributed by atoms with Crippen molar-refractivity contribution < 1.29 is 4.39 Å². The predicted octanol–water partition coefficient (Wildman–Crippen LogP) is 10.9. The topological polar surface area (TPSA) is 8.17 Å². The van der Waals surface area contributed by atoms with Gasteiger partial charge >= 0.3 is 308 Å². The first kappa shape index (κ1) is 33.8. The number of fused-ring (bicyclic) bond motifs is 4. The van der Waals surface area contributed by atoms with E-state index in [1.54, 1.807) is 0 Å². The minimum absolute atomic E-state index is 0.245. The molecular weight excluding hydrogens is 744 g/mol. The van der Waals surface area contributed by atoms with Crippen molar-refractivity contribution in [1.29, 1.82) is 0 Å². The van der Waals surface area contributed by atoms with Crippen LogP contribution in [-0.2, 0) is 0 Å². The molecule has 10 aromatic rings. The number of anilines is 3. The average Bonchev–Trinajstić information content (AvgIpc) is 3.60. The van der Waals surface area contributed by atoms with Crippen LogP contribution in [0.3, 0.4) is 0 Å². The van der Waals surface area contributed by atoms with Gasteiger partial charge < -0.3 is 0 Å². The Balaban J connectivity index is 1.20. The Morgan fingerprint density at radius 3 is 1.52 bits per heavy atom. The zero-order chi connectivity index (χ0) is 37.5. The van der Waals surface area contributed by atoms with Crippen LogP contribution in [-0.4, -0.2) is 17.8 Å². The Bertz CT molecular complexity index is 2860. The third-order valence-corrected chi connectivity index (χ3v) is 21.3. The molecule has 266 valence electrons. The number of halogens is 1. The number of aromatic nitrogens is 1. The molecule has 4 heteroatoms. The van der Waals surface area contributed by atoms with Gasteiger partial charge in [0.1, 0.15) is 5.82 Å². The third kappa shape index (κ3) is 5.63. The van der Waals surface area contributed by atoms with Gasteiger partial charge in [-0.1, -0.05) is 0 Å². The number of hydrogen-bond donors (Lipinski definition) is 0. The zero-order valence-corrected chi connectivity index (χ0v) is 32.7. The fourth-order valence-corrected chi connectivity index (χ4v) is 18.7. The predicted molar refractivity (Wildman–Crippen MR) is 237 cm³/mol. The van der Waals surface area contributed by atoms with Crippen LogP contribution in [0.1, 0.15) is 0 Å². The van der Waals surface area contributed by atoms with Crippen LogP contribution in [0.4, 0.5) is 21.5 Å². The Labute approximate surface area is 328 Å². The molecule has 0 saturated carbocycles. The number of rotatable bonds is 8. The molecule has 0 radical (unpaired) electrons. The van der Waals surface area contributed by atoms with Gasteiger partial charge in [0.15, 0.2) is 0 Å². The molecule has 1 aromatic heterocycles. The Morgan fingerprint density at radius 1 is 0.375 bits per heavy atom. The van der Waals surface area contributed by atoms with Crippen LogP contribution in [0.5, 0.6) is 0 Å². The maximum atomic E-state index is 14.1. The molecule has 0 bridgehead atoms. The average molecular weight is 781 g/mol. The van der Waals surface area contributed by atoms with Crippen LogP contribution >= 0.6 is 0 Å². The van der Waals surface area contributed by atoms with Gasteiger partial charge in [0, 0.05) is 0 Å². The van der Waals surface area contributed by atoms with E-state index in [-0.39, 0.29) is 5.82 Å². The summed E-state index contributed by atoms with van der Waals surface area (Å²) in [6.07, 6.45) is 0. The van der Waals surface area contributed by atoms with Crippen molar-refractivity contribution in [2.75, 3.05) is 4.90 Å². The van der Waals surface area contributed by atoms with E-state index in [1.165, 1.54) is 40.5 Å². The summed E-state index contributed by atoms with van der Waals surface area (Å²) in [4.78, 5) is 2.40. The SMILES string of the molecule is Fc1ccc(-n2c3ccccc3c3cc(N(c4cc[c]([Ge]([c]5ccccc5)([c]5ccccc5)[c]5ccccc5)cc4)c4cccc5ccccc45)ccc32)cc1. The quantitative estimate of drug-likeness (QED) is 0.139. The molecule has 0 saturated heterocycles. The second-order valence-corrected chi connectivity index (χ2v) is 22.3. The summed E-state index contributed by atoms with van der Waals surface area (Å²) in [6.45, 7) is 0. The minimum Gasteiger partial charge on any atom is -0.0242 e. The van der Waals surface area contributed by atoms with E-state index in [4.69, 9.17) is 0 Å². The smallest absolute Gasteiger partial charge is 0.0242 e. The first-order chi connectivity index (χ1) is 27.7. The molecule has 0 aliphatic rings. The second kappa shape index (κ2) is 14.2. The van der Waals surface area contributed by atoms with Crippen LogP contribution in [0, 0.1) is 5.82 Å². The Morgan fingerprint density at radius 2 is 0.875 bits per heavy atom. The summed E-state index contributed by atoms with van der Waals surface area (Å²) in [7, 11) is 0. The van der Waals surface area contributed by atoms with Crippen molar-refractivity contribution in [3.8, 4) is 5.69 Å². The van der Waals surface area contributed by atoms with Crippen molar-refractivity contribution in [3.63, 3.8) is 0 Å². The van der Waals surface area contributed by atoms with Gasteiger partial charge in [-0.05, 0) is 12.1 Å². The molecule has 0 unspecified atom stereocenters. The number of hydrogen-bond acceptors (Lipinski definition) is 1. The van der Waals surface area contributed by atoms with E-state index in [0.717, 1.165) is 44.6 Å². The first-order valence-corrected chi connectivity index (χ1v) is 23.2. The molecule has 0 fully saturated rings. The first-order valence-electron chi connectivity index (χ1n) is 19.0. The molecular formula is C52H37FGeN2. The molecule has 0 aliphatic carbocycles. The summed E-state index contributed by atoms with van der Waals surface area (Å²) < 4.78 is 21.9. The Hall–Kier alpha value is -6.69. The monoisotopic (exact) mass is 782 g/mol. The van der Waals surface area contributed by atoms with Crippen LogP contribution in [0.15, 0.2) is 224 Å². The van der Waals surface area contributed by atoms with Gasteiger partial charge in [0.2, 0.25) is 0 Å². The molecule has 56 heavy (non-hydrogen) atoms. The number of para-hydroxylation sites is 1. The number of benzene rings is 9. The molecule has 0 aliphatic heterocycles. The van der Waals surface area contributed by atoms with Crippen molar-refractivity contribution in [3.05, 3.63) is 230 Å².